The molecular formula is C29H40O8. The molecule has 0 saturated carbocycles. The number of rotatable bonds is 6. The highest BCUT2D eigenvalue weighted by Gasteiger charge is 2.54. The van der Waals surface area contributed by atoms with Crippen LogP contribution in [-0.4, -0.2) is 67.7 Å². The molecule has 0 aliphatic carbocycles. The summed E-state index contributed by atoms with van der Waals surface area (Å²) < 4.78 is 43.9. The zero-order valence-corrected chi connectivity index (χ0v) is 22.1. The van der Waals surface area contributed by atoms with Crippen LogP contribution in [0.3, 0.4) is 0 Å². The van der Waals surface area contributed by atoms with Crippen LogP contribution < -0.4 is 0 Å². The van der Waals surface area contributed by atoms with Gasteiger partial charge < -0.3 is 33.2 Å². The van der Waals surface area contributed by atoms with E-state index in [9.17, 15) is 4.79 Å². The molecule has 4 heterocycles. The molecule has 0 amide bonds. The van der Waals surface area contributed by atoms with Crippen LogP contribution in [0.1, 0.15) is 64.7 Å². The second-order valence-corrected chi connectivity index (χ2v) is 10.9. The maximum Gasteiger partial charge on any atom is 0.305 e. The largest absolute Gasteiger partial charge is 0.433 e. The molecule has 8 nitrogen and oxygen atoms in total. The lowest BCUT2D eigenvalue weighted by atomic mass is 9.84. The van der Waals surface area contributed by atoms with Crippen LogP contribution in [0.2, 0.25) is 0 Å². The summed E-state index contributed by atoms with van der Waals surface area (Å²) >= 11 is 0. The van der Waals surface area contributed by atoms with Gasteiger partial charge in [0, 0.05) is 31.4 Å². The standard InChI is InChI=1S/C29H40O8/c1-5-18(2)26-21(12-9-15-31-26)34-22-13-14-25-29(4,37-28(22)33-19(3)30)16-23-24(35-25)17-32-27(36-23)20-10-7-6-8-11-20/h5-8,10-11,18,21-28H,1,9,12-17H2,2-4H3/t18-,21+,22-,23+,24-,25+,26-,27-,28?,29-/m1/s1. The van der Waals surface area contributed by atoms with Crippen LogP contribution in [0, 0.1) is 5.92 Å². The topological polar surface area (TPSA) is 81.7 Å². The van der Waals surface area contributed by atoms with Gasteiger partial charge in [0.1, 0.15) is 12.2 Å². The van der Waals surface area contributed by atoms with E-state index in [4.69, 9.17) is 33.2 Å². The van der Waals surface area contributed by atoms with Crippen LogP contribution in [-0.2, 0) is 38.0 Å². The van der Waals surface area contributed by atoms with Gasteiger partial charge in [-0.2, -0.15) is 0 Å². The van der Waals surface area contributed by atoms with Gasteiger partial charge in [0.15, 0.2) is 6.29 Å². The van der Waals surface area contributed by atoms with E-state index in [1.54, 1.807) is 0 Å². The first-order valence-electron chi connectivity index (χ1n) is 13.6. The summed E-state index contributed by atoms with van der Waals surface area (Å²) in [7, 11) is 0. The Morgan fingerprint density at radius 1 is 1.11 bits per heavy atom. The van der Waals surface area contributed by atoms with Gasteiger partial charge in [-0.15, -0.1) is 6.58 Å². The monoisotopic (exact) mass is 516 g/mol. The summed E-state index contributed by atoms with van der Waals surface area (Å²) in [4.78, 5) is 12.1. The third-order valence-electron chi connectivity index (χ3n) is 8.06. The Balaban J connectivity index is 1.32. The fraction of sp³-hybridized carbons (Fsp3) is 0.690. The van der Waals surface area contributed by atoms with Crippen LogP contribution in [0.5, 0.6) is 0 Å². The van der Waals surface area contributed by atoms with Gasteiger partial charge in [-0.25, -0.2) is 0 Å². The molecule has 5 rings (SSSR count). The Kier molecular flexibility index (Phi) is 8.34. The minimum Gasteiger partial charge on any atom is -0.433 e. The molecule has 1 unspecified atom stereocenters. The second-order valence-electron chi connectivity index (χ2n) is 10.9. The molecule has 204 valence electrons. The maximum atomic E-state index is 12.1. The van der Waals surface area contributed by atoms with E-state index in [2.05, 4.69) is 13.5 Å². The summed E-state index contributed by atoms with van der Waals surface area (Å²) in [6.07, 6.45) is 3.08. The van der Waals surface area contributed by atoms with Gasteiger partial charge in [-0.1, -0.05) is 43.3 Å². The van der Waals surface area contributed by atoms with Crippen molar-refractivity contribution in [1.82, 2.24) is 0 Å². The highest BCUT2D eigenvalue weighted by atomic mass is 16.7. The Morgan fingerprint density at radius 2 is 1.92 bits per heavy atom. The lowest BCUT2D eigenvalue weighted by Crippen LogP contribution is -2.59. The van der Waals surface area contributed by atoms with Crippen LogP contribution >= 0.6 is 0 Å². The number of ether oxygens (including phenoxy) is 7. The number of hydrogen-bond donors (Lipinski definition) is 0. The first kappa shape index (κ1) is 26.8. The summed E-state index contributed by atoms with van der Waals surface area (Å²) in [6.45, 7) is 10.6. The van der Waals surface area contributed by atoms with Crippen molar-refractivity contribution in [2.45, 2.75) is 108 Å². The minimum absolute atomic E-state index is 0.0927. The highest BCUT2D eigenvalue weighted by Crippen LogP contribution is 2.44. The Hall–Kier alpha value is -1.81. The molecule has 10 atom stereocenters. The highest BCUT2D eigenvalue weighted by molar-refractivity contribution is 5.66. The number of benzene rings is 1. The number of fused-ring (bicyclic) bond motifs is 2. The molecule has 0 N–H and O–H groups in total. The number of hydrogen-bond acceptors (Lipinski definition) is 8. The van der Waals surface area contributed by atoms with Crippen molar-refractivity contribution in [2.75, 3.05) is 13.2 Å². The van der Waals surface area contributed by atoms with Gasteiger partial charge in [0.25, 0.3) is 0 Å². The van der Waals surface area contributed by atoms with E-state index in [1.165, 1.54) is 6.92 Å². The fourth-order valence-electron chi connectivity index (χ4n) is 6.01. The molecule has 4 aliphatic rings. The Morgan fingerprint density at radius 3 is 2.68 bits per heavy atom. The maximum absolute atomic E-state index is 12.1. The normalized spacial score (nSPS) is 40.9. The number of carbonyl (C=O) groups is 1. The molecule has 1 aromatic rings. The second kappa shape index (κ2) is 11.5. The average molecular weight is 517 g/mol. The molecule has 4 fully saturated rings. The van der Waals surface area contributed by atoms with Crippen molar-refractivity contribution in [1.29, 1.82) is 0 Å². The van der Waals surface area contributed by atoms with E-state index >= 15 is 0 Å². The quantitative estimate of drug-likeness (QED) is 0.405. The summed E-state index contributed by atoms with van der Waals surface area (Å²) in [5.41, 5.74) is 0.258. The lowest BCUT2D eigenvalue weighted by Gasteiger charge is -2.50. The first-order valence-corrected chi connectivity index (χ1v) is 13.6. The van der Waals surface area contributed by atoms with Crippen LogP contribution in [0.25, 0.3) is 0 Å². The smallest absolute Gasteiger partial charge is 0.305 e. The zero-order chi connectivity index (χ0) is 26.0. The van der Waals surface area contributed by atoms with E-state index in [0.29, 0.717) is 32.5 Å². The zero-order valence-electron chi connectivity index (χ0n) is 22.1. The van der Waals surface area contributed by atoms with E-state index < -0.39 is 30.3 Å². The molecule has 0 aromatic heterocycles. The Bertz CT molecular complexity index is 924. The Labute approximate surface area is 219 Å². The van der Waals surface area contributed by atoms with Gasteiger partial charge in [0.2, 0.25) is 6.29 Å². The third-order valence-corrected chi connectivity index (χ3v) is 8.06. The minimum atomic E-state index is -0.848. The first-order chi connectivity index (χ1) is 17.9. The summed E-state index contributed by atoms with van der Waals surface area (Å²) in [5.74, 6) is -0.261. The van der Waals surface area contributed by atoms with E-state index in [-0.39, 0.29) is 36.4 Å². The van der Waals surface area contributed by atoms with Crippen molar-refractivity contribution in [2.24, 2.45) is 5.92 Å². The SMILES string of the molecule is C=C[C@@H](C)[C@H]1OCCC[C@@H]1O[C@@H]1CC[C@@H]2O[C@@H]3CO[C@@H](c4ccccc4)O[C@H]3C[C@@]2(C)OC1OC(C)=O. The predicted molar refractivity (Wildman–Crippen MR) is 135 cm³/mol. The van der Waals surface area contributed by atoms with Crippen molar-refractivity contribution in [3.05, 3.63) is 48.6 Å². The van der Waals surface area contributed by atoms with E-state index in [0.717, 1.165) is 18.4 Å². The molecule has 37 heavy (non-hydrogen) atoms. The molecule has 4 aliphatic heterocycles. The third kappa shape index (κ3) is 5.95. The van der Waals surface area contributed by atoms with Gasteiger partial charge in [-0.05, 0) is 32.6 Å². The molecule has 4 saturated heterocycles. The number of carbonyl (C=O) groups excluding carboxylic acids is 1. The molecule has 0 spiro atoms. The molecule has 8 heteroatoms. The molecule has 1 aromatic carbocycles. The van der Waals surface area contributed by atoms with Gasteiger partial charge in [-0.3, -0.25) is 4.79 Å². The fourth-order valence-corrected chi connectivity index (χ4v) is 6.01. The predicted octanol–water partition coefficient (Wildman–Crippen LogP) is 4.47. The van der Waals surface area contributed by atoms with Crippen molar-refractivity contribution < 1.29 is 38.0 Å². The molecule has 0 bridgehead atoms. The lowest BCUT2D eigenvalue weighted by molar-refractivity contribution is -0.337. The van der Waals surface area contributed by atoms with Crippen molar-refractivity contribution in [3.8, 4) is 0 Å². The van der Waals surface area contributed by atoms with Crippen LogP contribution in [0.4, 0.5) is 0 Å². The molecule has 0 radical (unpaired) electrons. The van der Waals surface area contributed by atoms with Gasteiger partial charge >= 0.3 is 5.97 Å². The van der Waals surface area contributed by atoms with Crippen molar-refractivity contribution >= 4 is 5.97 Å². The average Bonchev–Trinajstić information content (AvgIpc) is 3.02. The molecular weight excluding hydrogens is 476 g/mol. The van der Waals surface area contributed by atoms with Crippen LogP contribution in [0.15, 0.2) is 43.0 Å². The van der Waals surface area contributed by atoms with E-state index in [1.807, 2.05) is 43.3 Å². The van der Waals surface area contributed by atoms with Crippen molar-refractivity contribution in [3.63, 3.8) is 0 Å². The number of esters is 1. The summed E-state index contributed by atoms with van der Waals surface area (Å²) in [5, 5.41) is 0. The van der Waals surface area contributed by atoms with Gasteiger partial charge in [0.05, 0.1) is 36.6 Å². The summed E-state index contributed by atoms with van der Waals surface area (Å²) in [6, 6.07) is 9.90.